The highest BCUT2D eigenvalue weighted by atomic mass is 35.5. The molecule has 2 atom stereocenters. The molecule has 0 saturated heterocycles. The number of nitrogens with one attached hydrogen (secondary N) is 1. The van der Waals surface area contributed by atoms with Gasteiger partial charge in [-0.1, -0.05) is 37.6 Å². The summed E-state index contributed by atoms with van der Waals surface area (Å²) in [6.45, 7) is 5.38. The van der Waals surface area contributed by atoms with E-state index in [1.54, 1.807) is 0 Å². The van der Waals surface area contributed by atoms with Crippen molar-refractivity contribution in [2.45, 2.75) is 30.0 Å². The van der Waals surface area contributed by atoms with E-state index in [1.165, 1.54) is 10.5 Å². The summed E-state index contributed by atoms with van der Waals surface area (Å²) in [5, 5.41) is 4.96. The lowest BCUT2D eigenvalue weighted by atomic mass is 10.0. The molecule has 3 heteroatoms. The predicted molar refractivity (Wildman–Crippen MR) is 63.2 cm³/mol. The summed E-state index contributed by atoms with van der Waals surface area (Å²) in [5.74, 6) is 0. The third-order valence-electron chi connectivity index (χ3n) is 2.53. The molecule has 1 aromatic rings. The van der Waals surface area contributed by atoms with Crippen molar-refractivity contribution in [2.75, 3.05) is 6.54 Å². The van der Waals surface area contributed by atoms with Crippen molar-refractivity contribution in [2.24, 2.45) is 0 Å². The van der Waals surface area contributed by atoms with Crippen molar-refractivity contribution in [3.8, 4) is 0 Å². The van der Waals surface area contributed by atoms with Gasteiger partial charge in [-0.3, -0.25) is 0 Å². The Bertz CT molecular complexity index is 340. The molecule has 0 aliphatic carbocycles. The van der Waals surface area contributed by atoms with Gasteiger partial charge in [0.2, 0.25) is 0 Å². The summed E-state index contributed by atoms with van der Waals surface area (Å²) in [4.78, 5) is 1.26. The summed E-state index contributed by atoms with van der Waals surface area (Å²) < 4.78 is 0. The highest BCUT2D eigenvalue weighted by Crippen LogP contribution is 2.46. The van der Waals surface area contributed by atoms with Crippen LogP contribution in [0.2, 0.25) is 5.02 Å². The fraction of sp³-hybridized carbons (Fsp3) is 0.455. The minimum atomic E-state index is 0.457. The third kappa shape index (κ3) is 1.67. The maximum atomic E-state index is 6.15. The van der Waals surface area contributed by atoms with Crippen molar-refractivity contribution >= 4 is 23.4 Å². The Morgan fingerprint density at radius 1 is 1.50 bits per heavy atom. The van der Waals surface area contributed by atoms with E-state index >= 15 is 0 Å². The van der Waals surface area contributed by atoms with Gasteiger partial charge in [0.25, 0.3) is 0 Å². The maximum Gasteiger partial charge on any atom is 0.0545 e. The van der Waals surface area contributed by atoms with Crippen LogP contribution in [0.3, 0.4) is 0 Å². The second-order valence-electron chi connectivity index (χ2n) is 3.52. The number of fused-ring (bicyclic) bond motifs is 1. The molecule has 1 heterocycles. The van der Waals surface area contributed by atoms with Crippen molar-refractivity contribution in [1.29, 1.82) is 0 Å². The van der Waals surface area contributed by atoms with E-state index < -0.39 is 0 Å². The summed E-state index contributed by atoms with van der Waals surface area (Å²) >= 11 is 8.02. The van der Waals surface area contributed by atoms with E-state index in [2.05, 4.69) is 25.2 Å². The predicted octanol–water partition coefficient (Wildman–Crippen LogP) is 3.48. The SMILES string of the molecule is CCNC1c2cccc(Cl)c2SC1C. The molecule has 1 nitrogen and oxygen atoms in total. The number of halogens is 1. The summed E-state index contributed by atoms with van der Waals surface area (Å²) in [6, 6.07) is 6.63. The van der Waals surface area contributed by atoms with Gasteiger partial charge in [-0.2, -0.15) is 0 Å². The quantitative estimate of drug-likeness (QED) is 0.830. The number of rotatable bonds is 2. The molecule has 0 bridgehead atoms. The van der Waals surface area contributed by atoms with Gasteiger partial charge >= 0.3 is 0 Å². The van der Waals surface area contributed by atoms with Gasteiger partial charge in [-0.25, -0.2) is 0 Å². The van der Waals surface area contributed by atoms with Crippen LogP contribution in [-0.4, -0.2) is 11.8 Å². The first kappa shape index (κ1) is 10.3. The standard InChI is InChI=1S/C11H14ClNS/c1-3-13-10-7(2)14-11-8(10)5-4-6-9(11)12/h4-7,10,13H,3H2,1-2H3. The van der Waals surface area contributed by atoms with Crippen LogP contribution in [0.5, 0.6) is 0 Å². The molecule has 2 unspecified atom stereocenters. The summed E-state index contributed by atoms with van der Waals surface area (Å²) in [7, 11) is 0. The average Bonchev–Trinajstić information content (AvgIpc) is 2.47. The Morgan fingerprint density at radius 2 is 2.29 bits per heavy atom. The summed E-state index contributed by atoms with van der Waals surface area (Å²) in [6.07, 6.45) is 0. The Hall–Kier alpha value is -0.180. The Labute approximate surface area is 94.2 Å². The summed E-state index contributed by atoms with van der Waals surface area (Å²) in [5.41, 5.74) is 1.36. The first-order chi connectivity index (χ1) is 6.74. The van der Waals surface area contributed by atoms with Crippen molar-refractivity contribution < 1.29 is 0 Å². The number of hydrogen-bond acceptors (Lipinski definition) is 2. The van der Waals surface area contributed by atoms with Crippen molar-refractivity contribution in [3.63, 3.8) is 0 Å². The Morgan fingerprint density at radius 3 is 3.00 bits per heavy atom. The highest BCUT2D eigenvalue weighted by Gasteiger charge is 2.30. The Kier molecular flexibility index (Phi) is 3.05. The lowest BCUT2D eigenvalue weighted by Crippen LogP contribution is -2.25. The van der Waals surface area contributed by atoms with E-state index in [0.29, 0.717) is 11.3 Å². The van der Waals surface area contributed by atoms with Crippen molar-refractivity contribution in [3.05, 3.63) is 28.8 Å². The van der Waals surface area contributed by atoms with E-state index in [0.717, 1.165) is 11.6 Å². The molecule has 76 valence electrons. The molecule has 0 fully saturated rings. The molecule has 1 aromatic carbocycles. The van der Waals surface area contributed by atoms with Crippen LogP contribution in [0.25, 0.3) is 0 Å². The number of hydrogen-bond donors (Lipinski definition) is 1. The fourth-order valence-corrected chi connectivity index (χ4v) is 3.48. The number of thioether (sulfide) groups is 1. The van der Waals surface area contributed by atoms with Gasteiger partial charge in [0.05, 0.1) is 5.02 Å². The monoisotopic (exact) mass is 227 g/mol. The van der Waals surface area contributed by atoms with E-state index in [4.69, 9.17) is 11.6 Å². The van der Waals surface area contributed by atoms with Gasteiger partial charge in [-0.05, 0) is 18.2 Å². The molecule has 14 heavy (non-hydrogen) atoms. The molecule has 0 aromatic heterocycles. The van der Waals surface area contributed by atoms with Gasteiger partial charge in [0.1, 0.15) is 0 Å². The zero-order valence-electron chi connectivity index (χ0n) is 8.38. The van der Waals surface area contributed by atoms with Gasteiger partial charge in [0, 0.05) is 16.2 Å². The molecule has 0 amide bonds. The molecule has 1 aliphatic heterocycles. The minimum absolute atomic E-state index is 0.457. The van der Waals surface area contributed by atoms with Crippen molar-refractivity contribution in [1.82, 2.24) is 5.32 Å². The third-order valence-corrected chi connectivity index (χ3v) is 4.29. The van der Waals surface area contributed by atoms with Crippen LogP contribution < -0.4 is 5.32 Å². The lowest BCUT2D eigenvalue weighted by Gasteiger charge is -2.16. The zero-order valence-corrected chi connectivity index (χ0v) is 9.95. The molecule has 1 aliphatic rings. The molecule has 0 radical (unpaired) electrons. The van der Waals surface area contributed by atoms with Crippen LogP contribution in [0.15, 0.2) is 23.1 Å². The zero-order chi connectivity index (χ0) is 10.1. The fourth-order valence-electron chi connectivity index (χ4n) is 1.90. The molecule has 0 spiro atoms. The minimum Gasteiger partial charge on any atom is -0.309 e. The second-order valence-corrected chi connectivity index (χ2v) is 5.31. The lowest BCUT2D eigenvalue weighted by molar-refractivity contribution is 0.553. The van der Waals surface area contributed by atoms with Crippen LogP contribution in [-0.2, 0) is 0 Å². The number of benzene rings is 1. The van der Waals surface area contributed by atoms with E-state index in [9.17, 15) is 0 Å². The van der Waals surface area contributed by atoms with Gasteiger partial charge < -0.3 is 5.32 Å². The molecule has 1 N–H and O–H groups in total. The van der Waals surface area contributed by atoms with E-state index in [-0.39, 0.29) is 0 Å². The van der Waals surface area contributed by atoms with Gasteiger partial charge in [-0.15, -0.1) is 11.8 Å². The normalized spacial score (nSPS) is 25.1. The van der Waals surface area contributed by atoms with Crippen LogP contribution in [0, 0.1) is 0 Å². The first-order valence-electron chi connectivity index (χ1n) is 4.92. The van der Waals surface area contributed by atoms with E-state index in [1.807, 2.05) is 23.9 Å². The molecular weight excluding hydrogens is 214 g/mol. The van der Waals surface area contributed by atoms with Crippen LogP contribution in [0.1, 0.15) is 25.5 Å². The van der Waals surface area contributed by atoms with Crippen LogP contribution >= 0.6 is 23.4 Å². The topological polar surface area (TPSA) is 12.0 Å². The molecule has 2 rings (SSSR count). The maximum absolute atomic E-state index is 6.15. The first-order valence-corrected chi connectivity index (χ1v) is 6.18. The van der Waals surface area contributed by atoms with Crippen LogP contribution in [0.4, 0.5) is 0 Å². The Balaban J connectivity index is 2.37. The second kappa shape index (κ2) is 4.13. The highest BCUT2D eigenvalue weighted by molar-refractivity contribution is 8.00. The molecule has 0 saturated carbocycles. The molecular formula is C11H14ClNS. The smallest absolute Gasteiger partial charge is 0.0545 e. The largest absolute Gasteiger partial charge is 0.309 e. The average molecular weight is 228 g/mol. The van der Waals surface area contributed by atoms with Gasteiger partial charge in [0.15, 0.2) is 0 Å².